The van der Waals surface area contributed by atoms with Crippen molar-refractivity contribution in [2.75, 3.05) is 0 Å². The average molecular weight is 117 g/mol. The van der Waals surface area contributed by atoms with Gasteiger partial charge in [0.1, 0.15) is 5.60 Å². The third-order valence-electron chi connectivity index (χ3n) is 1.25. The van der Waals surface area contributed by atoms with Crippen LogP contribution in [0.3, 0.4) is 0 Å². The molecule has 1 aliphatic rings. The lowest BCUT2D eigenvalue weighted by Gasteiger charge is -2.00. The molecule has 0 spiro atoms. The lowest BCUT2D eigenvalue weighted by Crippen LogP contribution is -2.33. The molecule has 3 N–H and O–H groups in total. The second kappa shape index (κ2) is 1.43. The Morgan fingerprint density at radius 1 is 1.62 bits per heavy atom. The van der Waals surface area contributed by atoms with Gasteiger partial charge in [-0.15, -0.1) is 0 Å². The van der Waals surface area contributed by atoms with Gasteiger partial charge in [0.15, 0.2) is 0 Å². The standard InChI is InChI=1S/C4H7NO3/c6-3(5-8)4(7)1-2-4/h7-8H,1-2H2,(H,5,6). The fourth-order valence-corrected chi connectivity index (χ4v) is 0.450. The highest BCUT2D eigenvalue weighted by Crippen LogP contribution is 2.34. The monoisotopic (exact) mass is 117 g/mol. The molecular weight excluding hydrogens is 110 g/mol. The molecule has 0 aromatic heterocycles. The summed E-state index contributed by atoms with van der Waals surface area (Å²) in [6.45, 7) is 0. The van der Waals surface area contributed by atoms with Crippen molar-refractivity contribution >= 4 is 5.91 Å². The molecule has 46 valence electrons. The summed E-state index contributed by atoms with van der Waals surface area (Å²) in [6, 6.07) is 0. The zero-order valence-electron chi connectivity index (χ0n) is 4.22. The van der Waals surface area contributed by atoms with E-state index in [2.05, 4.69) is 0 Å². The molecule has 0 unspecified atom stereocenters. The first-order chi connectivity index (χ1) is 3.69. The Kier molecular flexibility index (Phi) is 0.988. The highest BCUT2D eigenvalue weighted by Gasteiger charge is 2.47. The van der Waals surface area contributed by atoms with E-state index >= 15 is 0 Å². The number of amides is 1. The minimum atomic E-state index is -1.24. The second-order valence-electron chi connectivity index (χ2n) is 1.97. The van der Waals surface area contributed by atoms with E-state index < -0.39 is 11.5 Å². The molecule has 1 rings (SSSR count). The maximum Gasteiger partial charge on any atom is 0.275 e. The largest absolute Gasteiger partial charge is 0.380 e. The molecule has 0 saturated heterocycles. The first-order valence-electron chi connectivity index (χ1n) is 2.36. The van der Waals surface area contributed by atoms with E-state index in [1.807, 2.05) is 0 Å². The Morgan fingerprint density at radius 3 is 2.25 bits per heavy atom. The molecule has 4 nitrogen and oxygen atoms in total. The smallest absolute Gasteiger partial charge is 0.275 e. The Balaban J connectivity index is 2.46. The zero-order chi connectivity index (χ0) is 6.20. The Morgan fingerprint density at radius 2 is 2.12 bits per heavy atom. The van der Waals surface area contributed by atoms with Crippen molar-refractivity contribution in [1.82, 2.24) is 5.48 Å². The van der Waals surface area contributed by atoms with E-state index in [4.69, 9.17) is 10.3 Å². The number of carbonyl (C=O) groups is 1. The van der Waals surface area contributed by atoms with Crippen molar-refractivity contribution in [2.45, 2.75) is 18.4 Å². The van der Waals surface area contributed by atoms with Crippen LogP contribution in [0.5, 0.6) is 0 Å². The van der Waals surface area contributed by atoms with Gasteiger partial charge in [-0.1, -0.05) is 0 Å². The predicted octanol–water partition coefficient (Wildman–Crippen LogP) is -0.983. The molecule has 0 atom stereocenters. The van der Waals surface area contributed by atoms with Gasteiger partial charge < -0.3 is 5.11 Å². The molecule has 1 fully saturated rings. The predicted molar refractivity (Wildman–Crippen MR) is 24.1 cm³/mol. The number of hydroxylamine groups is 1. The molecule has 4 heteroatoms. The van der Waals surface area contributed by atoms with E-state index in [9.17, 15) is 4.79 Å². The van der Waals surface area contributed by atoms with Gasteiger partial charge >= 0.3 is 0 Å². The van der Waals surface area contributed by atoms with Crippen molar-refractivity contribution in [1.29, 1.82) is 0 Å². The summed E-state index contributed by atoms with van der Waals surface area (Å²) in [7, 11) is 0. The van der Waals surface area contributed by atoms with E-state index in [1.165, 1.54) is 5.48 Å². The second-order valence-corrected chi connectivity index (χ2v) is 1.97. The van der Waals surface area contributed by atoms with Crippen molar-refractivity contribution in [3.05, 3.63) is 0 Å². The van der Waals surface area contributed by atoms with Crippen LogP contribution < -0.4 is 5.48 Å². The number of nitrogens with one attached hydrogen (secondary N) is 1. The molecule has 0 heterocycles. The van der Waals surface area contributed by atoms with Crippen LogP contribution in [0.2, 0.25) is 0 Å². The summed E-state index contributed by atoms with van der Waals surface area (Å²) < 4.78 is 0. The molecule has 0 bridgehead atoms. The molecular formula is C4H7NO3. The fourth-order valence-electron chi connectivity index (χ4n) is 0.450. The lowest BCUT2D eigenvalue weighted by atomic mass is 10.3. The first-order valence-corrected chi connectivity index (χ1v) is 2.36. The fraction of sp³-hybridized carbons (Fsp3) is 0.750. The number of rotatable bonds is 1. The molecule has 0 aromatic carbocycles. The van der Waals surface area contributed by atoms with Crippen molar-refractivity contribution < 1.29 is 15.1 Å². The van der Waals surface area contributed by atoms with Gasteiger partial charge in [-0.3, -0.25) is 10.0 Å². The topological polar surface area (TPSA) is 69.6 Å². The summed E-state index contributed by atoms with van der Waals surface area (Å²) in [5.41, 5.74) is 0.137. The van der Waals surface area contributed by atoms with E-state index in [-0.39, 0.29) is 0 Å². The summed E-state index contributed by atoms with van der Waals surface area (Å²) in [6.07, 6.45) is 0.915. The van der Waals surface area contributed by atoms with E-state index in [1.54, 1.807) is 0 Å². The Labute approximate surface area is 46.1 Å². The summed E-state index contributed by atoms with van der Waals surface area (Å²) in [5, 5.41) is 16.8. The van der Waals surface area contributed by atoms with Crippen molar-refractivity contribution in [3.63, 3.8) is 0 Å². The van der Waals surface area contributed by atoms with Crippen molar-refractivity contribution in [3.8, 4) is 0 Å². The summed E-state index contributed by atoms with van der Waals surface area (Å²) in [5.74, 6) is -0.697. The normalized spacial score (nSPS) is 22.2. The third-order valence-corrected chi connectivity index (χ3v) is 1.25. The molecule has 0 radical (unpaired) electrons. The number of hydrogen-bond donors (Lipinski definition) is 3. The van der Waals surface area contributed by atoms with Crippen LogP contribution in [0, 0.1) is 0 Å². The molecule has 1 aliphatic carbocycles. The summed E-state index contributed by atoms with van der Waals surface area (Å²) in [4.78, 5) is 10.3. The number of carbonyl (C=O) groups excluding carboxylic acids is 1. The molecule has 8 heavy (non-hydrogen) atoms. The maximum absolute atomic E-state index is 10.3. The average Bonchev–Trinajstić information content (AvgIpc) is 2.47. The van der Waals surface area contributed by atoms with E-state index in [0.29, 0.717) is 12.8 Å². The minimum Gasteiger partial charge on any atom is -0.380 e. The van der Waals surface area contributed by atoms with Crippen LogP contribution in [0.15, 0.2) is 0 Å². The minimum absolute atomic E-state index is 0.458. The molecule has 0 aromatic rings. The van der Waals surface area contributed by atoms with Crippen LogP contribution in [-0.2, 0) is 4.79 Å². The Hall–Kier alpha value is -0.610. The van der Waals surface area contributed by atoms with Gasteiger partial charge in [-0.25, -0.2) is 5.48 Å². The van der Waals surface area contributed by atoms with Gasteiger partial charge in [0.25, 0.3) is 5.91 Å². The van der Waals surface area contributed by atoms with Crippen LogP contribution in [-0.4, -0.2) is 21.8 Å². The maximum atomic E-state index is 10.3. The van der Waals surface area contributed by atoms with Crippen LogP contribution in [0.4, 0.5) is 0 Å². The Bertz CT molecular complexity index is 118. The van der Waals surface area contributed by atoms with Gasteiger partial charge in [-0.05, 0) is 12.8 Å². The zero-order valence-corrected chi connectivity index (χ0v) is 4.22. The van der Waals surface area contributed by atoms with Gasteiger partial charge in [0, 0.05) is 0 Å². The van der Waals surface area contributed by atoms with Crippen molar-refractivity contribution in [2.24, 2.45) is 0 Å². The van der Waals surface area contributed by atoms with E-state index in [0.717, 1.165) is 0 Å². The van der Waals surface area contributed by atoms with Gasteiger partial charge in [-0.2, -0.15) is 0 Å². The highest BCUT2D eigenvalue weighted by atomic mass is 16.5. The third kappa shape index (κ3) is 0.677. The molecule has 0 aliphatic heterocycles. The number of hydrogen-bond acceptors (Lipinski definition) is 3. The molecule has 1 saturated carbocycles. The highest BCUT2D eigenvalue weighted by molar-refractivity contribution is 5.86. The number of aliphatic hydroxyl groups is 1. The molecule has 1 amide bonds. The van der Waals surface area contributed by atoms with Gasteiger partial charge in [0.2, 0.25) is 0 Å². The quantitative estimate of drug-likeness (QED) is 0.305. The van der Waals surface area contributed by atoms with Crippen LogP contribution >= 0.6 is 0 Å². The first kappa shape index (κ1) is 5.53. The van der Waals surface area contributed by atoms with Crippen LogP contribution in [0.1, 0.15) is 12.8 Å². The van der Waals surface area contributed by atoms with Crippen LogP contribution in [0.25, 0.3) is 0 Å². The lowest BCUT2D eigenvalue weighted by molar-refractivity contribution is -0.140. The van der Waals surface area contributed by atoms with Gasteiger partial charge in [0.05, 0.1) is 0 Å². The SMILES string of the molecule is O=C(NO)C1(O)CC1. The summed E-state index contributed by atoms with van der Waals surface area (Å²) >= 11 is 0.